The lowest BCUT2D eigenvalue weighted by Gasteiger charge is -2.21. The van der Waals surface area contributed by atoms with Crippen LogP contribution in [0.25, 0.3) is 11.5 Å². The number of hydrogen-bond donors (Lipinski definition) is 0. The fourth-order valence-corrected chi connectivity index (χ4v) is 3.25. The number of rotatable bonds is 6. The van der Waals surface area contributed by atoms with Gasteiger partial charge in [-0.1, -0.05) is 11.8 Å². The molecule has 1 aliphatic heterocycles. The summed E-state index contributed by atoms with van der Waals surface area (Å²) in [5, 5.41) is 8.76. The standard InChI is InChI=1S/C16H20N2O4S/c1-19-13-7-11(8-14(9-13)20-2)15-17-18-16(22-15)23-10-12-5-3-4-6-21-12/h7-9,12H,3-6,10H2,1-2H3/t12-/m0/s1. The van der Waals surface area contributed by atoms with Gasteiger partial charge in [-0.3, -0.25) is 0 Å². The summed E-state index contributed by atoms with van der Waals surface area (Å²) in [4.78, 5) is 0. The molecule has 7 heteroatoms. The number of thioether (sulfide) groups is 1. The lowest BCUT2D eigenvalue weighted by atomic mass is 10.1. The molecule has 0 aliphatic carbocycles. The maximum absolute atomic E-state index is 5.73. The second-order valence-electron chi connectivity index (χ2n) is 5.27. The molecule has 124 valence electrons. The van der Waals surface area contributed by atoms with Crippen molar-refractivity contribution >= 4 is 11.8 Å². The van der Waals surface area contributed by atoms with Crippen LogP contribution in [0.5, 0.6) is 11.5 Å². The molecule has 0 bridgehead atoms. The Morgan fingerprint density at radius 2 is 1.91 bits per heavy atom. The minimum absolute atomic E-state index is 0.279. The number of benzene rings is 1. The van der Waals surface area contributed by atoms with Crippen molar-refractivity contribution in [3.05, 3.63) is 18.2 Å². The first-order valence-corrected chi connectivity index (χ1v) is 8.58. The summed E-state index contributed by atoms with van der Waals surface area (Å²) in [7, 11) is 3.22. The summed E-state index contributed by atoms with van der Waals surface area (Å²) in [6.07, 6.45) is 3.76. The van der Waals surface area contributed by atoms with Crippen LogP contribution < -0.4 is 9.47 Å². The van der Waals surface area contributed by atoms with E-state index in [9.17, 15) is 0 Å². The molecule has 1 aromatic carbocycles. The SMILES string of the molecule is COc1cc(OC)cc(-c2nnc(SC[C@@H]3CCCCO3)o2)c1. The van der Waals surface area contributed by atoms with Gasteiger partial charge in [-0.25, -0.2) is 0 Å². The fourth-order valence-electron chi connectivity index (χ4n) is 2.42. The van der Waals surface area contributed by atoms with Gasteiger partial charge in [0.05, 0.1) is 20.3 Å². The summed E-state index contributed by atoms with van der Waals surface area (Å²) in [5.74, 6) is 2.65. The summed E-state index contributed by atoms with van der Waals surface area (Å²) in [6, 6.07) is 5.49. The van der Waals surface area contributed by atoms with Gasteiger partial charge >= 0.3 is 0 Å². The third kappa shape index (κ3) is 4.17. The highest BCUT2D eigenvalue weighted by Crippen LogP contribution is 2.31. The zero-order valence-corrected chi connectivity index (χ0v) is 14.1. The van der Waals surface area contributed by atoms with Crippen LogP contribution in [-0.4, -0.2) is 42.9 Å². The van der Waals surface area contributed by atoms with Crippen molar-refractivity contribution in [3.63, 3.8) is 0 Å². The number of ether oxygens (including phenoxy) is 3. The largest absolute Gasteiger partial charge is 0.497 e. The van der Waals surface area contributed by atoms with Gasteiger partial charge < -0.3 is 18.6 Å². The number of methoxy groups -OCH3 is 2. The Kier molecular flexibility index (Phi) is 5.40. The third-order valence-corrected chi connectivity index (χ3v) is 4.62. The average Bonchev–Trinajstić information content (AvgIpc) is 3.09. The van der Waals surface area contributed by atoms with Crippen molar-refractivity contribution < 1.29 is 18.6 Å². The Hall–Kier alpha value is -1.73. The van der Waals surface area contributed by atoms with E-state index in [0.29, 0.717) is 22.6 Å². The van der Waals surface area contributed by atoms with E-state index in [1.807, 2.05) is 12.1 Å². The van der Waals surface area contributed by atoms with Crippen LogP contribution in [0.4, 0.5) is 0 Å². The monoisotopic (exact) mass is 336 g/mol. The first-order chi connectivity index (χ1) is 11.3. The zero-order chi connectivity index (χ0) is 16.1. The normalized spacial score (nSPS) is 17.9. The molecule has 0 saturated carbocycles. The lowest BCUT2D eigenvalue weighted by molar-refractivity contribution is 0.0314. The summed E-state index contributed by atoms with van der Waals surface area (Å²) >= 11 is 1.53. The van der Waals surface area contributed by atoms with Crippen LogP contribution in [0.3, 0.4) is 0 Å². The molecule has 3 rings (SSSR count). The molecule has 1 aliphatic rings. The highest BCUT2D eigenvalue weighted by atomic mass is 32.2. The van der Waals surface area contributed by atoms with Gasteiger partial charge in [-0.05, 0) is 31.4 Å². The van der Waals surface area contributed by atoms with E-state index < -0.39 is 0 Å². The highest BCUT2D eigenvalue weighted by Gasteiger charge is 2.17. The second kappa shape index (κ2) is 7.70. The van der Waals surface area contributed by atoms with Gasteiger partial charge in [0.25, 0.3) is 5.22 Å². The lowest BCUT2D eigenvalue weighted by Crippen LogP contribution is -2.21. The maximum Gasteiger partial charge on any atom is 0.276 e. The van der Waals surface area contributed by atoms with Crippen LogP contribution in [0.1, 0.15) is 19.3 Å². The molecule has 0 N–H and O–H groups in total. The van der Waals surface area contributed by atoms with E-state index in [1.165, 1.54) is 18.2 Å². The number of nitrogens with zero attached hydrogens (tertiary/aromatic N) is 2. The second-order valence-corrected chi connectivity index (χ2v) is 6.25. The predicted molar refractivity (Wildman–Crippen MR) is 87.2 cm³/mol. The summed E-state index contributed by atoms with van der Waals surface area (Å²) < 4.78 is 22.0. The Bertz CT molecular complexity index is 619. The summed E-state index contributed by atoms with van der Waals surface area (Å²) in [5.41, 5.74) is 0.773. The molecule has 23 heavy (non-hydrogen) atoms. The molecule has 1 fully saturated rings. The zero-order valence-electron chi connectivity index (χ0n) is 13.3. The Morgan fingerprint density at radius 1 is 1.13 bits per heavy atom. The van der Waals surface area contributed by atoms with E-state index in [1.54, 1.807) is 20.3 Å². The molecule has 1 atom stereocenters. The van der Waals surface area contributed by atoms with E-state index in [0.717, 1.165) is 30.8 Å². The smallest absolute Gasteiger partial charge is 0.276 e. The minimum atomic E-state index is 0.279. The molecule has 0 unspecified atom stereocenters. The van der Waals surface area contributed by atoms with Crippen LogP contribution >= 0.6 is 11.8 Å². The van der Waals surface area contributed by atoms with Crippen molar-refractivity contribution in [2.75, 3.05) is 26.6 Å². The molecule has 1 saturated heterocycles. The van der Waals surface area contributed by atoms with Crippen LogP contribution in [0.2, 0.25) is 0 Å². The third-order valence-electron chi connectivity index (χ3n) is 3.67. The predicted octanol–water partition coefficient (Wildman–Crippen LogP) is 3.42. The van der Waals surface area contributed by atoms with E-state index in [4.69, 9.17) is 18.6 Å². The molecular weight excluding hydrogens is 316 g/mol. The van der Waals surface area contributed by atoms with Crippen LogP contribution in [0, 0.1) is 0 Å². The van der Waals surface area contributed by atoms with Crippen molar-refractivity contribution in [2.24, 2.45) is 0 Å². The molecule has 1 aromatic heterocycles. The van der Waals surface area contributed by atoms with Gasteiger partial charge in [-0.2, -0.15) is 0 Å². The molecular formula is C16H20N2O4S. The van der Waals surface area contributed by atoms with Gasteiger partial charge in [0.2, 0.25) is 5.89 Å². The van der Waals surface area contributed by atoms with Crippen molar-refractivity contribution in [2.45, 2.75) is 30.6 Å². The Labute approximate surface area is 139 Å². The molecule has 2 heterocycles. The fraction of sp³-hybridized carbons (Fsp3) is 0.500. The Morgan fingerprint density at radius 3 is 2.57 bits per heavy atom. The first-order valence-electron chi connectivity index (χ1n) is 7.60. The maximum atomic E-state index is 5.73. The van der Waals surface area contributed by atoms with Crippen LogP contribution in [0.15, 0.2) is 27.8 Å². The van der Waals surface area contributed by atoms with Gasteiger partial charge in [0, 0.05) is 24.0 Å². The van der Waals surface area contributed by atoms with E-state index >= 15 is 0 Å². The quantitative estimate of drug-likeness (QED) is 0.749. The van der Waals surface area contributed by atoms with E-state index in [2.05, 4.69) is 10.2 Å². The number of aromatic nitrogens is 2. The first kappa shape index (κ1) is 16.1. The Balaban J connectivity index is 1.68. The molecule has 0 radical (unpaired) electrons. The number of hydrogen-bond acceptors (Lipinski definition) is 7. The van der Waals surface area contributed by atoms with Crippen LogP contribution in [-0.2, 0) is 4.74 Å². The van der Waals surface area contributed by atoms with Gasteiger partial charge in [-0.15, -0.1) is 10.2 Å². The highest BCUT2D eigenvalue weighted by molar-refractivity contribution is 7.99. The minimum Gasteiger partial charge on any atom is -0.497 e. The molecule has 0 amide bonds. The van der Waals surface area contributed by atoms with Crippen molar-refractivity contribution in [3.8, 4) is 23.0 Å². The molecule has 2 aromatic rings. The summed E-state index contributed by atoms with van der Waals surface area (Å²) in [6.45, 7) is 0.851. The van der Waals surface area contributed by atoms with Crippen molar-refractivity contribution in [1.29, 1.82) is 0 Å². The van der Waals surface area contributed by atoms with Gasteiger partial charge in [0.1, 0.15) is 11.5 Å². The van der Waals surface area contributed by atoms with Crippen molar-refractivity contribution in [1.82, 2.24) is 10.2 Å². The molecule has 0 spiro atoms. The van der Waals surface area contributed by atoms with E-state index in [-0.39, 0.29) is 6.10 Å². The molecule has 6 nitrogen and oxygen atoms in total. The van der Waals surface area contributed by atoms with Gasteiger partial charge in [0.15, 0.2) is 0 Å². The average molecular weight is 336 g/mol. The topological polar surface area (TPSA) is 66.6 Å².